The van der Waals surface area contributed by atoms with Crippen LogP contribution in [0.25, 0.3) is 0 Å². The van der Waals surface area contributed by atoms with Gasteiger partial charge in [-0.25, -0.2) is 34.0 Å². The lowest BCUT2D eigenvalue weighted by Crippen LogP contribution is -2.44. The highest BCUT2D eigenvalue weighted by molar-refractivity contribution is 9.09. The van der Waals surface area contributed by atoms with Gasteiger partial charge in [0.1, 0.15) is 0 Å². The molecule has 0 saturated carbocycles. The Bertz CT molecular complexity index is 2120. The predicted octanol–water partition coefficient (Wildman–Crippen LogP) is -2.20. The molecule has 4 saturated heterocycles. The second-order valence-electron chi connectivity index (χ2n) is 17.4. The summed E-state index contributed by atoms with van der Waals surface area (Å²) in [5.74, 6) is -13.3. The molecule has 35 heteroatoms. The number of halogens is 2. The molecule has 32 nitrogen and oxygen atoms in total. The highest BCUT2D eigenvalue weighted by Gasteiger charge is 2.38. The van der Waals surface area contributed by atoms with Crippen molar-refractivity contribution in [2.75, 3.05) is 76.1 Å². The first kappa shape index (κ1) is 64.9. The lowest BCUT2D eigenvalue weighted by atomic mass is 10.2. The Hall–Kier alpha value is -6.61. The largest absolute Gasteiger partial charge is 0.355 e. The summed E-state index contributed by atoms with van der Waals surface area (Å²) in [6.45, 7) is -3.77. The summed E-state index contributed by atoms with van der Waals surface area (Å²) in [5.41, 5.74) is 0. The summed E-state index contributed by atoms with van der Waals surface area (Å²) in [6.07, 6.45) is -5.43. The summed E-state index contributed by atoms with van der Waals surface area (Å²) in [7, 11) is -4.30. The van der Waals surface area contributed by atoms with Gasteiger partial charge in [-0.3, -0.25) is 62.1 Å². The Labute approximate surface area is 467 Å². The van der Waals surface area contributed by atoms with E-state index in [4.69, 9.17) is 19.4 Å². The van der Waals surface area contributed by atoms with E-state index in [1.807, 2.05) is 0 Å². The zero-order valence-electron chi connectivity index (χ0n) is 42.7. The maximum Gasteiger partial charge on any atom is 0.334 e. The van der Waals surface area contributed by atoms with Gasteiger partial charge in [0.2, 0.25) is 23.6 Å². The van der Waals surface area contributed by atoms with E-state index in [-0.39, 0.29) is 122 Å². The zero-order chi connectivity index (χ0) is 58.2. The van der Waals surface area contributed by atoms with Crippen molar-refractivity contribution >= 4 is 134 Å². The summed E-state index contributed by atoms with van der Waals surface area (Å²) in [5, 5.41) is 12.7. The molecule has 0 radical (unpaired) electrons. The second-order valence-corrected chi connectivity index (χ2v) is 21.3. The standard InChI is InChI=1S/C44H60Br2N11O21P/c45-17-9-29(58)47-19-21-49-79(74,50-22-20-48-30(59)10-18-46)53(27-11-31(60)51(23-13-41(70)75-54-33(62)1-2-34(54)63)24-14-42(71)76-55-35(64)3-4-36(55)65)28-12-32(61)52(25-15-43(72)77-56-37(66)5-6-38(56)67)26-16-44(73)78-57-39(68)7-8-40(57)69/h1-28H2,(H,47,58)(H,48,59)(H2,49,50,74). The number of amides is 12. The Balaban J connectivity index is 1.62. The molecule has 0 atom stereocenters. The van der Waals surface area contributed by atoms with Crippen molar-refractivity contribution in [1.82, 2.24) is 55.5 Å². The molecule has 0 aromatic rings. The third-order valence-corrected chi connectivity index (χ3v) is 14.9. The lowest BCUT2D eigenvalue weighted by Gasteiger charge is -2.34. The Morgan fingerprint density at radius 3 is 0.886 bits per heavy atom. The van der Waals surface area contributed by atoms with Crippen LogP contribution >= 0.6 is 39.5 Å². The van der Waals surface area contributed by atoms with E-state index in [2.05, 4.69) is 52.7 Å². The summed E-state index contributed by atoms with van der Waals surface area (Å²) >= 11 is 6.34. The fraction of sp³-hybridized carbons (Fsp3) is 0.636. The van der Waals surface area contributed by atoms with Crippen molar-refractivity contribution in [3.05, 3.63) is 0 Å². The molecule has 0 aromatic carbocycles. The van der Waals surface area contributed by atoms with E-state index in [0.717, 1.165) is 14.5 Å². The molecule has 0 aromatic heterocycles. The van der Waals surface area contributed by atoms with Crippen LogP contribution in [0.3, 0.4) is 0 Å². The van der Waals surface area contributed by atoms with Crippen LogP contribution in [0.15, 0.2) is 0 Å². The van der Waals surface area contributed by atoms with Gasteiger partial charge in [0, 0.05) is 153 Å². The van der Waals surface area contributed by atoms with E-state index in [1.54, 1.807) is 0 Å². The molecule has 0 aliphatic carbocycles. The van der Waals surface area contributed by atoms with Gasteiger partial charge >= 0.3 is 23.9 Å². The number of rotatable bonds is 35. The van der Waals surface area contributed by atoms with E-state index in [1.165, 1.54) is 0 Å². The number of carbonyl (C=O) groups is 16. The van der Waals surface area contributed by atoms with Crippen LogP contribution in [-0.4, -0.2) is 206 Å². The quantitative estimate of drug-likeness (QED) is 0.0226. The number of hydrogen-bond acceptors (Lipinski definition) is 21. The number of hydroxylamine groups is 8. The van der Waals surface area contributed by atoms with Crippen molar-refractivity contribution in [1.29, 1.82) is 0 Å². The maximum atomic E-state index is 15.3. The van der Waals surface area contributed by atoms with Crippen molar-refractivity contribution in [2.45, 2.75) is 103 Å². The number of alkyl halides is 2. The monoisotopic (exact) mass is 1270 g/mol. The minimum Gasteiger partial charge on any atom is -0.355 e. The van der Waals surface area contributed by atoms with Gasteiger partial charge < -0.3 is 39.8 Å². The molecule has 4 aliphatic heterocycles. The van der Waals surface area contributed by atoms with E-state index >= 15 is 4.57 Å². The molecule has 12 amide bonds. The zero-order valence-corrected chi connectivity index (χ0v) is 46.8. The van der Waals surface area contributed by atoms with Crippen molar-refractivity contribution < 1.29 is 101 Å². The minimum atomic E-state index is -4.30. The third kappa shape index (κ3) is 21.2. The molecule has 4 fully saturated rings. The van der Waals surface area contributed by atoms with Gasteiger partial charge in [-0.15, -0.1) is 20.3 Å². The van der Waals surface area contributed by atoms with Crippen LogP contribution in [0.1, 0.15) is 103 Å². The normalized spacial score (nSPS) is 15.6. The molecule has 79 heavy (non-hydrogen) atoms. The molecule has 0 unspecified atom stereocenters. The van der Waals surface area contributed by atoms with Gasteiger partial charge in [-0.1, -0.05) is 31.9 Å². The Kier molecular flexibility index (Phi) is 26.7. The number of nitrogens with one attached hydrogen (secondary N) is 4. The fourth-order valence-corrected chi connectivity index (χ4v) is 10.3. The van der Waals surface area contributed by atoms with Crippen molar-refractivity contribution in [3.8, 4) is 0 Å². The van der Waals surface area contributed by atoms with Crippen LogP contribution in [0, 0.1) is 0 Å². The Morgan fingerprint density at radius 1 is 0.392 bits per heavy atom. The average Bonchev–Trinajstić information content (AvgIpc) is 4.12. The van der Waals surface area contributed by atoms with E-state index in [9.17, 15) is 76.7 Å². The SMILES string of the molecule is O=C(CCBr)NCCNP(=O)(NCCNC(=O)CCBr)N(CCC(=O)N(CCC(=O)ON1C(=O)CCC1=O)CCC(=O)ON1C(=O)CCC1=O)CCC(=O)N(CCC(=O)ON1C(=O)CCC1=O)CCC(=O)ON1C(=O)CCC1=O. The first-order valence-corrected chi connectivity index (χ1v) is 28.8. The molecule has 4 heterocycles. The molecule has 4 N–H and O–H groups in total. The Morgan fingerprint density at radius 2 is 0.646 bits per heavy atom. The predicted molar refractivity (Wildman–Crippen MR) is 268 cm³/mol. The van der Waals surface area contributed by atoms with Gasteiger partial charge in [-0.2, -0.15) is 0 Å². The van der Waals surface area contributed by atoms with Crippen LogP contribution < -0.4 is 20.8 Å². The molecule has 436 valence electrons. The molecule has 0 bridgehead atoms. The lowest BCUT2D eigenvalue weighted by molar-refractivity contribution is -0.198. The van der Waals surface area contributed by atoms with Crippen LogP contribution in [0.5, 0.6) is 0 Å². The molecular formula is C44H60Br2N11O21P. The average molecular weight is 1270 g/mol. The number of carbonyl (C=O) groups excluding carboxylic acids is 16. The van der Waals surface area contributed by atoms with Gasteiger partial charge in [0.15, 0.2) is 0 Å². The van der Waals surface area contributed by atoms with Gasteiger partial charge in [-0.05, 0) is 0 Å². The van der Waals surface area contributed by atoms with Crippen molar-refractivity contribution in [2.24, 2.45) is 0 Å². The smallest absolute Gasteiger partial charge is 0.334 e. The molecule has 0 spiro atoms. The number of hydrogen-bond donors (Lipinski definition) is 4. The maximum absolute atomic E-state index is 15.3. The molecular weight excluding hydrogens is 1210 g/mol. The fourth-order valence-electron chi connectivity index (χ4n) is 7.43. The van der Waals surface area contributed by atoms with Crippen LogP contribution in [0.2, 0.25) is 0 Å². The summed E-state index contributed by atoms with van der Waals surface area (Å²) < 4.78 is 16.4. The van der Waals surface area contributed by atoms with Gasteiger partial charge in [0.05, 0.1) is 25.7 Å². The number of nitrogens with zero attached hydrogens (tertiary/aromatic N) is 7. The first-order chi connectivity index (χ1) is 37.5. The van der Waals surface area contributed by atoms with Crippen LogP contribution in [0.4, 0.5) is 0 Å². The van der Waals surface area contributed by atoms with E-state index in [0.29, 0.717) is 10.7 Å². The third-order valence-electron chi connectivity index (χ3n) is 11.6. The minimum absolute atomic E-state index is 0.0876. The van der Waals surface area contributed by atoms with Crippen molar-refractivity contribution in [3.63, 3.8) is 0 Å². The molecule has 4 rings (SSSR count). The summed E-state index contributed by atoms with van der Waals surface area (Å²) in [6, 6.07) is 0. The highest BCUT2D eigenvalue weighted by atomic mass is 79.9. The number of imide groups is 4. The first-order valence-electron chi connectivity index (χ1n) is 24.9. The second kappa shape index (κ2) is 32.5. The van der Waals surface area contributed by atoms with E-state index < -0.39 is 168 Å². The molecule has 4 aliphatic rings. The van der Waals surface area contributed by atoms with Gasteiger partial charge in [0.25, 0.3) is 54.9 Å². The summed E-state index contributed by atoms with van der Waals surface area (Å²) in [4.78, 5) is 223. The van der Waals surface area contributed by atoms with Crippen LogP contribution in [-0.2, 0) is 101 Å². The highest BCUT2D eigenvalue weighted by Crippen LogP contribution is 2.41. The topological polar surface area (TPSA) is 398 Å².